The Bertz CT molecular complexity index is 521. The van der Waals surface area contributed by atoms with Crippen LogP contribution < -0.4 is 10.6 Å². The van der Waals surface area contributed by atoms with Crippen LogP contribution in [0.25, 0.3) is 0 Å². The van der Waals surface area contributed by atoms with E-state index in [1.165, 1.54) is 11.8 Å². The summed E-state index contributed by atoms with van der Waals surface area (Å²) in [6.45, 7) is 3.06. The molecule has 0 radical (unpaired) electrons. The third-order valence-corrected chi connectivity index (χ3v) is 4.81. The highest BCUT2D eigenvalue weighted by Crippen LogP contribution is 2.13. The molecule has 1 aliphatic heterocycles. The van der Waals surface area contributed by atoms with E-state index in [-0.39, 0.29) is 17.7 Å². The minimum absolute atomic E-state index is 0.00741. The topological polar surface area (TPSA) is 58.2 Å². The first-order chi connectivity index (χ1) is 10.5. The van der Waals surface area contributed by atoms with Gasteiger partial charge in [0.15, 0.2) is 5.78 Å². The molecule has 1 aromatic rings. The maximum absolute atomic E-state index is 12.0. The summed E-state index contributed by atoms with van der Waals surface area (Å²) in [5.74, 6) is 0.646. The number of amides is 1. The zero-order chi connectivity index (χ0) is 15.9. The van der Waals surface area contributed by atoms with E-state index in [0.717, 1.165) is 19.4 Å². The molecule has 2 N–H and O–H groups in total. The molecule has 22 heavy (non-hydrogen) atoms. The molecule has 4 nitrogen and oxygen atoms in total. The molecular formula is C16H21ClN2O2S. The molecule has 1 aliphatic rings. The summed E-state index contributed by atoms with van der Waals surface area (Å²) in [5.41, 5.74) is 0.629. The number of carbonyl (C=O) groups excluding carboxylic acids is 2. The van der Waals surface area contributed by atoms with Gasteiger partial charge in [0, 0.05) is 22.7 Å². The summed E-state index contributed by atoms with van der Waals surface area (Å²) in [6, 6.07) is 7.51. The number of hydrogen-bond donors (Lipinski definition) is 2. The molecular weight excluding hydrogens is 320 g/mol. The van der Waals surface area contributed by atoms with Crippen LogP contribution in [0.3, 0.4) is 0 Å². The molecule has 0 spiro atoms. The van der Waals surface area contributed by atoms with Crippen molar-refractivity contribution in [2.45, 2.75) is 31.8 Å². The molecule has 2 rings (SSSR count). The first-order valence-corrected chi connectivity index (χ1v) is 8.97. The SMILES string of the molecule is CC1CC(NC(=O)CSCC(=O)c2ccc(Cl)cc2)CCN1. The Morgan fingerprint density at radius 2 is 2.05 bits per heavy atom. The second kappa shape index (κ2) is 8.56. The summed E-state index contributed by atoms with van der Waals surface area (Å²) in [4.78, 5) is 23.9. The Morgan fingerprint density at radius 3 is 2.73 bits per heavy atom. The summed E-state index contributed by atoms with van der Waals surface area (Å²) >= 11 is 7.14. The lowest BCUT2D eigenvalue weighted by atomic mass is 10.0. The highest BCUT2D eigenvalue weighted by molar-refractivity contribution is 8.00. The van der Waals surface area contributed by atoms with E-state index in [1.807, 2.05) is 0 Å². The van der Waals surface area contributed by atoms with Gasteiger partial charge in [-0.2, -0.15) is 0 Å². The average molecular weight is 341 g/mol. The largest absolute Gasteiger partial charge is 0.353 e. The zero-order valence-corrected chi connectivity index (χ0v) is 14.2. The van der Waals surface area contributed by atoms with Crippen molar-refractivity contribution in [3.8, 4) is 0 Å². The molecule has 2 atom stereocenters. The molecule has 1 aromatic carbocycles. The van der Waals surface area contributed by atoms with Crippen molar-refractivity contribution < 1.29 is 9.59 Å². The lowest BCUT2D eigenvalue weighted by molar-refractivity contribution is -0.119. The van der Waals surface area contributed by atoms with Gasteiger partial charge >= 0.3 is 0 Å². The van der Waals surface area contributed by atoms with Crippen LogP contribution in [0.2, 0.25) is 5.02 Å². The molecule has 0 aromatic heterocycles. The highest BCUT2D eigenvalue weighted by Gasteiger charge is 2.19. The van der Waals surface area contributed by atoms with Crippen LogP contribution >= 0.6 is 23.4 Å². The Morgan fingerprint density at radius 1 is 1.32 bits per heavy atom. The van der Waals surface area contributed by atoms with Gasteiger partial charge in [0.2, 0.25) is 5.91 Å². The minimum Gasteiger partial charge on any atom is -0.353 e. The molecule has 0 bridgehead atoms. The van der Waals surface area contributed by atoms with E-state index < -0.39 is 0 Å². The van der Waals surface area contributed by atoms with E-state index in [9.17, 15) is 9.59 Å². The smallest absolute Gasteiger partial charge is 0.230 e. The fourth-order valence-electron chi connectivity index (χ4n) is 2.49. The lowest BCUT2D eigenvalue weighted by Gasteiger charge is -2.28. The number of thioether (sulfide) groups is 1. The van der Waals surface area contributed by atoms with Crippen LogP contribution in [0.4, 0.5) is 0 Å². The fourth-order valence-corrected chi connectivity index (χ4v) is 3.34. The van der Waals surface area contributed by atoms with Crippen LogP contribution in [0.5, 0.6) is 0 Å². The van der Waals surface area contributed by atoms with Crippen molar-refractivity contribution in [3.63, 3.8) is 0 Å². The van der Waals surface area contributed by atoms with Gasteiger partial charge in [-0.25, -0.2) is 0 Å². The third-order valence-electron chi connectivity index (χ3n) is 3.62. The molecule has 0 aliphatic carbocycles. The number of ketones is 1. The second-order valence-corrected chi connectivity index (χ2v) is 6.99. The summed E-state index contributed by atoms with van der Waals surface area (Å²) in [6.07, 6.45) is 1.92. The number of hydrogen-bond acceptors (Lipinski definition) is 4. The van der Waals surface area contributed by atoms with Crippen molar-refractivity contribution in [2.75, 3.05) is 18.1 Å². The molecule has 6 heteroatoms. The number of rotatable bonds is 6. The molecule has 1 fully saturated rings. The van der Waals surface area contributed by atoms with E-state index in [2.05, 4.69) is 17.6 Å². The molecule has 2 unspecified atom stereocenters. The predicted molar refractivity (Wildman–Crippen MR) is 91.7 cm³/mol. The first-order valence-electron chi connectivity index (χ1n) is 7.44. The van der Waals surface area contributed by atoms with Gasteiger partial charge < -0.3 is 10.6 Å². The predicted octanol–water partition coefficient (Wildman–Crippen LogP) is 2.51. The maximum atomic E-state index is 12.0. The fraction of sp³-hybridized carbons (Fsp3) is 0.500. The quantitative estimate of drug-likeness (QED) is 0.781. The van der Waals surface area contributed by atoms with E-state index >= 15 is 0 Å². The van der Waals surface area contributed by atoms with Crippen molar-refractivity contribution >= 4 is 35.1 Å². The van der Waals surface area contributed by atoms with Crippen LogP contribution in [-0.4, -0.2) is 41.8 Å². The Balaban J connectivity index is 1.68. The van der Waals surface area contributed by atoms with Crippen molar-refractivity contribution in [1.82, 2.24) is 10.6 Å². The summed E-state index contributed by atoms with van der Waals surface area (Å²) < 4.78 is 0. The Kier molecular flexibility index (Phi) is 6.73. The summed E-state index contributed by atoms with van der Waals surface area (Å²) in [7, 11) is 0. The van der Waals surface area contributed by atoms with E-state index in [4.69, 9.17) is 11.6 Å². The number of benzene rings is 1. The van der Waals surface area contributed by atoms with Crippen molar-refractivity contribution in [1.29, 1.82) is 0 Å². The number of carbonyl (C=O) groups is 2. The molecule has 0 saturated carbocycles. The van der Waals surface area contributed by atoms with Crippen LogP contribution in [0.1, 0.15) is 30.1 Å². The summed E-state index contributed by atoms with van der Waals surface area (Å²) in [5, 5.41) is 7.01. The molecule has 1 heterocycles. The number of nitrogens with one attached hydrogen (secondary N) is 2. The van der Waals surface area contributed by atoms with Crippen LogP contribution in [-0.2, 0) is 4.79 Å². The normalized spacial score (nSPS) is 21.4. The van der Waals surface area contributed by atoms with Gasteiger partial charge in [-0.1, -0.05) is 11.6 Å². The minimum atomic E-state index is 0.00741. The second-order valence-electron chi connectivity index (χ2n) is 5.57. The van der Waals surface area contributed by atoms with Gasteiger partial charge in [-0.3, -0.25) is 9.59 Å². The standard InChI is InChI=1S/C16H21ClN2O2S/c1-11-8-14(6-7-18-11)19-16(21)10-22-9-15(20)12-2-4-13(17)5-3-12/h2-5,11,14,18H,6-10H2,1H3,(H,19,21). The molecule has 1 amide bonds. The lowest BCUT2D eigenvalue weighted by Crippen LogP contribution is -2.47. The maximum Gasteiger partial charge on any atom is 0.230 e. The number of halogens is 1. The monoisotopic (exact) mass is 340 g/mol. The van der Waals surface area contributed by atoms with Crippen LogP contribution in [0, 0.1) is 0 Å². The van der Waals surface area contributed by atoms with Gasteiger partial charge in [0.1, 0.15) is 0 Å². The van der Waals surface area contributed by atoms with Gasteiger partial charge in [-0.15, -0.1) is 11.8 Å². The van der Waals surface area contributed by atoms with Crippen LogP contribution in [0.15, 0.2) is 24.3 Å². The van der Waals surface area contributed by atoms with Gasteiger partial charge in [0.05, 0.1) is 11.5 Å². The van der Waals surface area contributed by atoms with E-state index in [1.54, 1.807) is 24.3 Å². The van der Waals surface area contributed by atoms with E-state index in [0.29, 0.717) is 28.1 Å². The van der Waals surface area contributed by atoms with Crippen molar-refractivity contribution in [2.24, 2.45) is 0 Å². The van der Waals surface area contributed by atoms with Crippen molar-refractivity contribution in [3.05, 3.63) is 34.9 Å². The third kappa shape index (κ3) is 5.63. The van der Waals surface area contributed by atoms with Gasteiger partial charge in [-0.05, 0) is 50.6 Å². The van der Waals surface area contributed by atoms with Gasteiger partial charge in [0.25, 0.3) is 0 Å². The molecule has 1 saturated heterocycles. The average Bonchev–Trinajstić information content (AvgIpc) is 2.47. The number of piperidine rings is 1. The zero-order valence-electron chi connectivity index (χ0n) is 12.6. The number of Topliss-reactive ketones (excluding diaryl/α,β-unsaturated/α-hetero) is 1. The Labute approximate surface area is 140 Å². The first kappa shape index (κ1) is 17.3. The molecule has 120 valence electrons. The Hall–Kier alpha value is -1.04. The highest BCUT2D eigenvalue weighted by atomic mass is 35.5.